The molecule has 0 spiro atoms. The number of hydrogen-bond donors (Lipinski definition) is 1. The molecule has 1 aliphatic heterocycles. The minimum Gasteiger partial charge on any atom is -0.339 e. The first-order chi connectivity index (χ1) is 15.4. The van der Waals surface area contributed by atoms with Crippen LogP contribution < -0.4 is 5.32 Å². The Kier molecular flexibility index (Phi) is 6.30. The maximum atomic E-state index is 14.4. The third-order valence-electron chi connectivity index (χ3n) is 6.87. The van der Waals surface area contributed by atoms with Crippen molar-refractivity contribution in [2.24, 2.45) is 11.8 Å². The van der Waals surface area contributed by atoms with E-state index in [4.69, 9.17) is 11.6 Å². The average molecular weight is 561 g/mol. The highest BCUT2D eigenvalue weighted by molar-refractivity contribution is 9.10. The van der Waals surface area contributed by atoms with Crippen LogP contribution in [0.1, 0.15) is 39.0 Å². The number of alkyl halides is 1. The molecule has 1 aromatic carbocycles. The van der Waals surface area contributed by atoms with Gasteiger partial charge in [0.2, 0.25) is 11.8 Å². The van der Waals surface area contributed by atoms with Gasteiger partial charge in [0.25, 0.3) is 0 Å². The van der Waals surface area contributed by atoms with Gasteiger partial charge in [0.1, 0.15) is 11.2 Å². The van der Waals surface area contributed by atoms with Crippen LogP contribution in [0, 0.1) is 23.2 Å². The van der Waals surface area contributed by atoms with Crippen molar-refractivity contribution in [1.82, 2.24) is 10.2 Å². The van der Waals surface area contributed by atoms with Crippen molar-refractivity contribution in [3.8, 4) is 6.07 Å². The van der Waals surface area contributed by atoms with Gasteiger partial charge in [-0.05, 0) is 50.8 Å². The van der Waals surface area contributed by atoms with Gasteiger partial charge < -0.3 is 10.2 Å². The van der Waals surface area contributed by atoms with Crippen LogP contribution in [0.2, 0.25) is 5.02 Å². The van der Waals surface area contributed by atoms with Gasteiger partial charge in [-0.15, -0.1) is 0 Å². The van der Waals surface area contributed by atoms with E-state index in [0.717, 1.165) is 0 Å². The predicted molar refractivity (Wildman–Crippen MR) is 123 cm³/mol. The summed E-state index contributed by atoms with van der Waals surface area (Å²) in [4.78, 5) is 27.7. The molecule has 3 aliphatic rings. The normalized spacial score (nSPS) is 30.6. The molecule has 2 aliphatic carbocycles. The van der Waals surface area contributed by atoms with Crippen LogP contribution in [0.3, 0.4) is 0 Å². The van der Waals surface area contributed by atoms with Crippen molar-refractivity contribution < 1.29 is 22.4 Å². The lowest BCUT2D eigenvalue weighted by atomic mass is 9.93. The zero-order valence-electron chi connectivity index (χ0n) is 18.0. The van der Waals surface area contributed by atoms with Gasteiger partial charge in [-0.3, -0.25) is 9.59 Å². The van der Waals surface area contributed by atoms with Crippen molar-refractivity contribution in [2.45, 2.75) is 60.4 Å². The van der Waals surface area contributed by atoms with Gasteiger partial charge in [-0.25, -0.2) is 12.8 Å². The molecule has 7 nitrogen and oxygen atoms in total. The molecule has 1 N–H and O–H groups in total. The standard InChI is InChI=1S/C22H24BrClFN3O4S/c1-21(25)6-7-28(12-21)20(30)16-10-14(9-15(16)19(29)27-22(11-26)4-5-22)33(31,32)18-3-2-13(23)8-17(18)24/h2-3,8,14-16H,4-7,9-10,12H2,1H3,(H,27,29)/t14-,15-,16-,21?/m1/s1. The molecular formula is C22H24BrClFN3O4S. The molecule has 1 aromatic rings. The average Bonchev–Trinajstić information content (AvgIpc) is 3.18. The molecule has 3 fully saturated rings. The zero-order valence-corrected chi connectivity index (χ0v) is 21.1. The first kappa shape index (κ1) is 24.4. The number of nitriles is 1. The van der Waals surface area contributed by atoms with E-state index < -0.39 is 49.9 Å². The number of nitrogens with zero attached hydrogens (tertiary/aromatic N) is 2. The van der Waals surface area contributed by atoms with E-state index >= 15 is 0 Å². The van der Waals surface area contributed by atoms with E-state index in [-0.39, 0.29) is 42.3 Å². The minimum absolute atomic E-state index is 0.0503. The van der Waals surface area contributed by atoms with Gasteiger partial charge in [-0.1, -0.05) is 27.5 Å². The SMILES string of the molecule is CC1(F)CCN(C(=O)[C@@H]2C[C@H](S(=O)(=O)c3ccc(Br)cc3Cl)C[C@H]2C(=O)NC2(C#N)CC2)C1. The summed E-state index contributed by atoms with van der Waals surface area (Å²) < 4.78 is 41.8. The maximum absolute atomic E-state index is 14.4. The van der Waals surface area contributed by atoms with Crippen molar-refractivity contribution in [2.75, 3.05) is 13.1 Å². The number of benzene rings is 1. The molecule has 2 saturated carbocycles. The molecule has 4 atom stereocenters. The highest BCUT2D eigenvalue weighted by atomic mass is 79.9. The van der Waals surface area contributed by atoms with Crippen LogP contribution >= 0.6 is 27.5 Å². The summed E-state index contributed by atoms with van der Waals surface area (Å²) >= 11 is 9.45. The monoisotopic (exact) mass is 559 g/mol. The Hall–Kier alpha value is -1.70. The molecule has 0 bridgehead atoms. The van der Waals surface area contributed by atoms with Crippen LogP contribution in [0.4, 0.5) is 4.39 Å². The molecule has 11 heteroatoms. The smallest absolute Gasteiger partial charge is 0.226 e. The number of sulfone groups is 1. The summed E-state index contributed by atoms with van der Waals surface area (Å²) in [7, 11) is -3.94. The Morgan fingerprint density at radius 1 is 1.27 bits per heavy atom. The summed E-state index contributed by atoms with van der Waals surface area (Å²) in [5.74, 6) is -2.77. The second-order valence-corrected chi connectivity index (χ2v) is 13.1. The predicted octanol–water partition coefficient (Wildman–Crippen LogP) is 3.40. The Labute approximate surface area is 205 Å². The lowest BCUT2D eigenvalue weighted by Crippen LogP contribution is -2.45. The number of hydrogen-bond acceptors (Lipinski definition) is 5. The number of amides is 2. The first-order valence-electron chi connectivity index (χ1n) is 10.8. The molecule has 4 rings (SSSR count). The summed E-state index contributed by atoms with van der Waals surface area (Å²) in [6.45, 7) is 1.55. The van der Waals surface area contributed by atoms with Crippen molar-refractivity contribution in [3.63, 3.8) is 0 Å². The van der Waals surface area contributed by atoms with Crippen LogP contribution in [0.15, 0.2) is 27.6 Å². The summed E-state index contributed by atoms with van der Waals surface area (Å²) in [6, 6.07) is 6.52. The second kappa shape index (κ2) is 8.51. The highest BCUT2D eigenvalue weighted by Gasteiger charge is 2.53. The first-order valence-corrected chi connectivity index (χ1v) is 13.5. The number of likely N-dealkylation sites (tertiary alicyclic amines) is 1. The Balaban J connectivity index is 1.62. The van der Waals surface area contributed by atoms with Gasteiger partial charge >= 0.3 is 0 Å². The Morgan fingerprint density at radius 3 is 2.48 bits per heavy atom. The largest absolute Gasteiger partial charge is 0.339 e. The van der Waals surface area contributed by atoms with Gasteiger partial charge in [0, 0.05) is 17.4 Å². The molecular weight excluding hydrogens is 537 g/mol. The Morgan fingerprint density at radius 2 is 1.94 bits per heavy atom. The number of halogens is 3. The van der Waals surface area contributed by atoms with E-state index in [1.165, 1.54) is 24.0 Å². The lowest BCUT2D eigenvalue weighted by molar-refractivity contribution is -0.140. The van der Waals surface area contributed by atoms with Gasteiger partial charge in [0.05, 0.1) is 39.6 Å². The van der Waals surface area contributed by atoms with E-state index in [1.54, 1.807) is 6.07 Å². The quantitative estimate of drug-likeness (QED) is 0.594. The third kappa shape index (κ3) is 4.77. The molecule has 1 heterocycles. The maximum Gasteiger partial charge on any atom is 0.226 e. The Bertz CT molecular complexity index is 1150. The molecule has 0 aromatic heterocycles. The fourth-order valence-electron chi connectivity index (χ4n) is 4.76. The summed E-state index contributed by atoms with van der Waals surface area (Å²) in [5, 5.41) is 11.1. The molecule has 0 radical (unpaired) electrons. The number of nitrogens with one attached hydrogen (secondary N) is 1. The van der Waals surface area contributed by atoms with E-state index in [9.17, 15) is 27.7 Å². The fraction of sp³-hybridized carbons (Fsp3) is 0.591. The zero-order chi connectivity index (χ0) is 24.2. The summed E-state index contributed by atoms with van der Waals surface area (Å²) in [5.41, 5.74) is -2.46. The molecule has 1 unspecified atom stereocenters. The van der Waals surface area contributed by atoms with Gasteiger partial charge in [-0.2, -0.15) is 5.26 Å². The molecule has 1 saturated heterocycles. The summed E-state index contributed by atoms with van der Waals surface area (Å²) in [6.07, 6.45) is 1.09. The van der Waals surface area contributed by atoms with Crippen LogP contribution in [-0.4, -0.2) is 54.7 Å². The lowest BCUT2D eigenvalue weighted by Gasteiger charge is -2.25. The fourth-order valence-corrected chi connectivity index (χ4v) is 7.62. The molecule has 33 heavy (non-hydrogen) atoms. The number of rotatable bonds is 5. The van der Waals surface area contributed by atoms with Crippen molar-refractivity contribution in [1.29, 1.82) is 5.26 Å². The second-order valence-electron chi connectivity index (χ2n) is 9.53. The minimum atomic E-state index is -3.94. The number of carbonyl (C=O) groups is 2. The van der Waals surface area contributed by atoms with Crippen LogP contribution in [0.5, 0.6) is 0 Å². The van der Waals surface area contributed by atoms with E-state index in [1.807, 2.05) is 0 Å². The number of carbonyl (C=O) groups excluding carboxylic acids is 2. The van der Waals surface area contributed by atoms with E-state index in [2.05, 4.69) is 27.3 Å². The highest BCUT2D eigenvalue weighted by Crippen LogP contribution is 2.43. The topological polar surface area (TPSA) is 107 Å². The van der Waals surface area contributed by atoms with E-state index in [0.29, 0.717) is 17.3 Å². The molecule has 178 valence electrons. The third-order valence-corrected chi connectivity index (χ3v) is 10.0. The van der Waals surface area contributed by atoms with Crippen LogP contribution in [0.25, 0.3) is 0 Å². The molecule has 2 amide bonds. The van der Waals surface area contributed by atoms with Crippen molar-refractivity contribution in [3.05, 3.63) is 27.7 Å². The van der Waals surface area contributed by atoms with Crippen LogP contribution in [-0.2, 0) is 19.4 Å². The van der Waals surface area contributed by atoms with Crippen molar-refractivity contribution >= 4 is 49.2 Å². The van der Waals surface area contributed by atoms with Gasteiger partial charge in [0.15, 0.2) is 9.84 Å².